The lowest BCUT2D eigenvalue weighted by Gasteiger charge is -2.30. The molecule has 0 aliphatic heterocycles. The summed E-state index contributed by atoms with van der Waals surface area (Å²) in [5.74, 6) is -1.17. The summed E-state index contributed by atoms with van der Waals surface area (Å²) in [6.45, 7) is 10.8. The Morgan fingerprint density at radius 1 is 1.24 bits per heavy atom. The molecule has 1 aromatic rings. The van der Waals surface area contributed by atoms with E-state index in [0.717, 1.165) is 5.56 Å². The molecule has 25 heavy (non-hydrogen) atoms. The number of ether oxygens (including phenoxy) is 1. The first-order valence-electron chi connectivity index (χ1n) is 7.99. The predicted molar refractivity (Wildman–Crippen MR) is 97.2 cm³/mol. The van der Waals surface area contributed by atoms with Crippen LogP contribution >= 0.6 is 0 Å². The van der Waals surface area contributed by atoms with Gasteiger partial charge in [-0.15, -0.1) is 0 Å². The zero-order valence-electron chi connectivity index (χ0n) is 15.1. The van der Waals surface area contributed by atoms with E-state index in [-0.39, 0.29) is 0 Å². The van der Waals surface area contributed by atoms with E-state index in [4.69, 9.17) is 9.94 Å². The molecule has 2 amide bonds. The molecule has 3 N–H and O–H groups in total. The summed E-state index contributed by atoms with van der Waals surface area (Å²) in [4.78, 5) is 24.3. The first kappa shape index (κ1) is 20.6. The lowest BCUT2D eigenvalue weighted by atomic mass is 10.1. The number of allylic oxidation sites excluding steroid dienone is 2. The summed E-state index contributed by atoms with van der Waals surface area (Å²) in [7, 11) is 0. The van der Waals surface area contributed by atoms with E-state index < -0.39 is 29.6 Å². The molecular weight excluding hydrogens is 320 g/mol. The van der Waals surface area contributed by atoms with Gasteiger partial charge in [0.2, 0.25) is 0 Å². The van der Waals surface area contributed by atoms with Gasteiger partial charge < -0.3 is 10.1 Å². The second-order valence-corrected chi connectivity index (χ2v) is 6.58. The molecule has 0 aliphatic carbocycles. The van der Waals surface area contributed by atoms with Crippen LogP contribution in [0.25, 0.3) is 6.08 Å². The normalized spacial score (nSPS) is 14.0. The molecule has 136 valence electrons. The minimum Gasteiger partial charge on any atom is -0.370 e. The molecule has 1 rings (SSSR count). The number of rotatable bonds is 7. The van der Waals surface area contributed by atoms with Gasteiger partial charge in [-0.25, -0.2) is 5.48 Å². The molecule has 0 aliphatic rings. The van der Waals surface area contributed by atoms with Crippen LogP contribution in [0, 0.1) is 0 Å². The van der Waals surface area contributed by atoms with E-state index in [1.54, 1.807) is 48.8 Å². The molecule has 0 bridgehead atoms. The fraction of sp³-hybridized carbons (Fsp3) is 0.368. The van der Waals surface area contributed by atoms with Crippen LogP contribution in [0.3, 0.4) is 0 Å². The maximum absolute atomic E-state index is 12.4. The molecular formula is C19H26N2O4. The van der Waals surface area contributed by atoms with Crippen LogP contribution in [-0.4, -0.2) is 34.8 Å². The van der Waals surface area contributed by atoms with Gasteiger partial charge in [0, 0.05) is 5.56 Å². The topological polar surface area (TPSA) is 87.7 Å². The minimum absolute atomic E-state index is 0.398. The zero-order chi connectivity index (χ0) is 19.0. The molecule has 0 fully saturated rings. The number of benzene rings is 1. The van der Waals surface area contributed by atoms with Gasteiger partial charge in [0.05, 0.1) is 11.7 Å². The van der Waals surface area contributed by atoms with Crippen LogP contribution in [0.1, 0.15) is 43.6 Å². The lowest BCUT2D eigenvalue weighted by Crippen LogP contribution is -2.53. The number of hydrogen-bond donors (Lipinski definition) is 3. The van der Waals surface area contributed by atoms with Crippen molar-refractivity contribution in [3.05, 3.63) is 54.1 Å². The van der Waals surface area contributed by atoms with E-state index in [9.17, 15) is 9.59 Å². The Labute approximate surface area is 148 Å². The van der Waals surface area contributed by atoms with E-state index in [0.29, 0.717) is 5.56 Å². The third kappa shape index (κ3) is 6.91. The molecule has 0 heterocycles. The number of carbonyl (C=O) groups excluding carboxylic acids is 2. The van der Waals surface area contributed by atoms with Gasteiger partial charge in [-0.3, -0.25) is 14.8 Å². The Morgan fingerprint density at radius 2 is 1.84 bits per heavy atom. The maximum Gasteiger partial charge on any atom is 0.268 e. The van der Waals surface area contributed by atoms with Crippen LogP contribution in [0.5, 0.6) is 0 Å². The second kappa shape index (κ2) is 9.15. The molecule has 1 aromatic carbocycles. The average Bonchev–Trinajstić information content (AvgIpc) is 2.55. The Morgan fingerprint density at radius 3 is 2.32 bits per heavy atom. The second-order valence-electron chi connectivity index (χ2n) is 6.58. The van der Waals surface area contributed by atoms with Crippen LogP contribution < -0.4 is 10.8 Å². The minimum atomic E-state index is -1.03. The highest BCUT2D eigenvalue weighted by Crippen LogP contribution is 2.14. The van der Waals surface area contributed by atoms with Crippen LogP contribution in [0.2, 0.25) is 0 Å². The fourth-order valence-corrected chi connectivity index (χ4v) is 2.24. The first-order valence-corrected chi connectivity index (χ1v) is 7.99. The number of hydrogen-bond acceptors (Lipinski definition) is 4. The van der Waals surface area contributed by atoms with E-state index in [2.05, 4.69) is 11.9 Å². The Kier molecular flexibility index (Phi) is 7.54. The van der Waals surface area contributed by atoms with Crippen molar-refractivity contribution in [2.75, 3.05) is 0 Å². The fourth-order valence-electron chi connectivity index (χ4n) is 2.24. The van der Waals surface area contributed by atoms with Crippen LogP contribution in [0.15, 0.2) is 43.0 Å². The average molecular weight is 346 g/mol. The SMILES string of the molecule is C=CC=Cc1ccc(C(=O)NC(C(=O)NO)C(C)OC(C)(C)C)cc1. The summed E-state index contributed by atoms with van der Waals surface area (Å²) in [6, 6.07) is 5.84. The monoisotopic (exact) mass is 346 g/mol. The molecule has 0 saturated heterocycles. The molecule has 6 nitrogen and oxygen atoms in total. The van der Waals surface area contributed by atoms with Gasteiger partial charge >= 0.3 is 0 Å². The number of carbonyl (C=O) groups is 2. The van der Waals surface area contributed by atoms with Gasteiger partial charge in [0.25, 0.3) is 11.8 Å². The summed E-state index contributed by atoms with van der Waals surface area (Å²) in [5.41, 5.74) is 2.39. The first-order chi connectivity index (χ1) is 11.7. The molecule has 2 atom stereocenters. The highest BCUT2D eigenvalue weighted by molar-refractivity contribution is 5.97. The van der Waals surface area contributed by atoms with Gasteiger partial charge in [-0.1, -0.05) is 36.9 Å². The number of nitrogens with one attached hydrogen (secondary N) is 2. The predicted octanol–water partition coefficient (Wildman–Crippen LogP) is 2.69. The quantitative estimate of drug-likeness (QED) is 0.402. The summed E-state index contributed by atoms with van der Waals surface area (Å²) in [6.07, 6.45) is 4.68. The largest absolute Gasteiger partial charge is 0.370 e. The molecule has 2 unspecified atom stereocenters. The molecule has 0 spiro atoms. The van der Waals surface area contributed by atoms with Gasteiger partial charge in [0.1, 0.15) is 6.04 Å². The molecule has 0 radical (unpaired) electrons. The molecule has 6 heteroatoms. The van der Waals surface area contributed by atoms with E-state index in [1.807, 2.05) is 26.8 Å². The summed E-state index contributed by atoms with van der Waals surface area (Å²) in [5, 5.41) is 11.5. The van der Waals surface area contributed by atoms with Gasteiger partial charge in [-0.05, 0) is 45.4 Å². The Balaban J connectivity index is 2.89. The third-order valence-corrected chi connectivity index (χ3v) is 3.29. The summed E-state index contributed by atoms with van der Waals surface area (Å²) < 4.78 is 5.72. The standard InChI is InChI=1S/C19H26N2O4/c1-6-7-8-14-9-11-15(12-10-14)17(22)20-16(18(23)21-24)13(2)25-19(3,4)5/h6-13,16,24H,1H2,2-5H3,(H,20,22)(H,21,23). The number of hydroxylamine groups is 1. The van der Waals surface area contributed by atoms with Crippen molar-refractivity contribution in [3.8, 4) is 0 Å². The van der Waals surface area contributed by atoms with Crippen molar-refractivity contribution in [1.82, 2.24) is 10.8 Å². The van der Waals surface area contributed by atoms with Crippen molar-refractivity contribution in [2.24, 2.45) is 0 Å². The molecule has 0 aromatic heterocycles. The van der Waals surface area contributed by atoms with E-state index >= 15 is 0 Å². The Bertz CT molecular complexity index is 630. The highest BCUT2D eigenvalue weighted by atomic mass is 16.5. The third-order valence-electron chi connectivity index (χ3n) is 3.29. The van der Waals surface area contributed by atoms with Gasteiger partial charge in [-0.2, -0.15) is 0 Å². The Hall–Kier alpha value is -2.44. The lowest BCUT2D eigenvalue weighted by molar-refractivity contribution is -0.138. The zero-order valence-corrected chi connectivity index (χ0v) is 15.1. The summed E-state index contributed by atoms with van der Waals surface area (Å²) >= 11 is 0. The van der Waals surface area contributed by atoms with E-state index in [1.165, 1.54) is 0 Å². The van der Waals surface area contributed by atoms with Crippen LogP contribution in [-0.2, 0) is 9.53 Å². The smallest absolute Gasteiger partial charge is 0.268 e. The van der Waals surface area contributed by atoms with Crippen molar-refractivity contribution in [2.45, 2.75) is 45.4 Å². The van der Waals surface area contributed by atoms with Crippen molar-refractivity contribution in [3.63, 3.8) is 0 Å². The molecule has 0 saturated carbocycles. The highest BCUT2D eigenvalue weighted by Gasteiger charge is 2.30. The van der Waals surface area contributed by atoms with Crippen molar-refractivity contribution >= 4 is 17.9 Å². The number of amides is 2. The van der Waals surface area contributed by atoms with Crippen LogP contribution in [0.4, 0.5) is 0 Å². The van der Waals surface area contributed by atoms with Gasteiger partial charge in [0.15, 0.2) is 0 Å². The maximum atomic E-state index is 12.4. The van der Waals surface area contributed by atoms with Crippen molar-refractivity contribution < 1.29 is 19.5 Å². The van der Waals surface area contributed by atoms with Crippen molar-refractivity contribution in [1.29, 1.82) is 0 Å².